The van der Waals surface area contributed by atoms with Gasteiger partial charge in [0.25, 0.3) is 5.91 Å². The van der Waals surface area contributed by atoms with Crippen LogP contribution in [0.3, 0.4) is 0 Å². The minimum absolute atomic E-state index is 0. The molecule has 2 fully saturated rings. The Morgan fingerprint density at radius 3 is 2.53 bits per heavy atom. The van der Waals surface area contributed by atoms with E-state index in [1.807, 2.05) is 18.2 Å². The number of carbonyl (C=O) groups is 1. The molecular formula is C24H33Cl2N3O5. The topological polar surface area (TPSA) is 95.3 Å². The van der Waals surface area contributed by atoms with Gasteiger partial charge < -0.3 is 30.0 Å². The summed E-state index contributed by atoms with van der Waals surface area (Å²) in [6.45, 7) is 4.80. The molecule has 2 aliphatic rings. The summed E-state index contributed by atoms with van der Waals surface area (Å²) in [6.07, 6.45) is 1.12. The number of halogens is 2. The van der Waals surface area contributed by atoms with Gasteiger partial charge in [-0.3, -0.25) is 9.69 Å². The van der Waals surface area contributed by atoms with E-state index in [1.54, 1.807) is 32.4 Å². The maximum absolute atomic E-state index is 13.0. The summed E-state index contributed by atoms with van der Waals surface area (Å²) in [5, 5.41) is 3.16. The highest BCUT2D eigenvalue weighted by molar-refractivity contribution is 5.95. The first kappa shape index (κ1) is 28.0. The lowest BCUT2D eigenvalue weighted by Crippen LogP contribution is -2.45. The van der Waals surface area contributed by atoms with E-state index in [0.29, 0.717) is 34.6 Å². The highest BCUT2D eigenvalue weighted by atomic mass is 35.5. The quantitative estimate of drug-likeness (QED) is 0.585. The second-order valence-electron chi connectivity index (χ2n) is 8.27. The molecule has 8 nitrogen and oxygen atoms in total. The van der Waals surface area contributed by atoms with Crippen LogP contribution in [0.15, 0.2) is 36.4 Å². The molecule has 3 N–H and O–H groups in total. The number of amides is 1. The van der Waals surface area contributed by atoms with E-state index < -0.39 is 0 Å². The van der Waals surface area contributed by atoms with Gasteiger partial charge in [0.15, 0.2) is 11.5 Å². The van der Waals surface area contributed by atoms with Crippen molar-refractivity contribution in [1.82, 2.24) is 10.2 Å². The third-order valence-electron chi connectivity index (χ3n) is 6.09. The lowest BCUT2D eigenvalue weighted by atomic mass is 10.1. The molecule has 2 aromatic carbocycles. The van der Waals surface area contributed by atoms with Crippen molar-refractivity contribution in [3.05, 3.63) is 47.5 Å². The number of nitrogens with two attached hydrogens (primary N) is 1. The van der Waals surface area contributed by atoms with Crippen LogP contribution in [-0.4, -0.2) is 62.9 Å². The van der Waals surface area contributed by atoms with E-state index in [0.717, 1.165) is 31.7 Å². The predicted octanol–water partition coefficient (Wildman–Crippen LogP) is 3.39. The molecule has 0 aromatic heterocycles. The van der Waals surface area contributed by atoms with Crippen molar-refractivity contribution in [3.63, 3.8) is 0 Å². The Morgan fingerprint density at radius 2 is 1.82 bits per heavy atom. The molecule has 0 spiro atoms. The van der Waals surface area contributed by atoms with E-state index in [-0.39, 0.29) is 49.4 Å². The van der Waals surface area contributed by atoms with Crippen molar-refractivity contribution in [3.8, 4) is 23.0 Å². The number of rotatable bonds is 7. The van der Waals surface area contributed by atoms with Gasteiger partial charge in [-0.1, -0.05) is 6.07 Å². The smallest absolute Gasteiger partial charge is 0.251 e. The van der Waals surface area contributed by atoms with Crippen molar-refractivity contribution >= 4 is 30.7 Å². The molecule has 0 radical (unpaired) electrons. The van der Waals surface area contributed by atoms with Gasteiger partial charge in [0, 0.05) is 37.3 Å². The maximum Gasteiger partial charge on any atom is 0.251 e. The zero-order chi connectivity index (χ0) is 22.7. The first-order valence-corrected chi connectivity index (χ1v) is 10.9. The molecule has 34 heavy (non-hydrogen) atoms. The molecular weight excluding hydrogens is 481 g/mol. The lowest BCUT2D eigenvalue weighted by Gasteiger charge is -2.33. The molecule has 0 saturated carbocycles. The Balaban J connectivity index is 0.00000204. The second kappa shape index (κ2) is 12.5. The van der Waals surface area contributed by atoms with E-state index >= 15 is 0 Å². The lowest BCUT2D eigenvalue weighted by molar-refractivity contribution is -0.0390. The zero-order valence-corrected chi connectivity index (χ0v) is 21.2. The molecule has 0 aliphatic carbocycles. The van der Waals surface area contributed by atoms with E-state index in [2.05, 4.69) is 17.1 Å². The van der Waals surface area contributed by atoms with Gasteiger partial charge in [-0.2, -0.15) is 0 Å². The third-order valence-corrected chi connectivity index (χ3v) is 6.09. The van der Waals surface area contributed by atoms with Crippen LogP contribution in [0.25, 0.3) is 0 Å². The number of hydrogen-bond donors (Lipinski definition) is 2. The first-order valence-electron chi connectivity index (χ1n) is 10.9. The Bertz CT molecular complexity index is 978. The van der Waals surface area contributed by atoms with Gasteiger partial charge in [-0.15, -0.1) is 24.8 Å². The van der Waals surface area contributed by atoms with Crippen LogP contribution < -0.4 is 25.3 Å². The number of nitrogens with zero attached hydrogens (tertiary/aromatic N) is 1. The van der Waals surface area contributed by atoms with Crippen LogP contribution in [0.5, 0.6) is 23.0 Å². The average Bonchev–Trinajstić information content (AvgIpc) is 3.19. The molecule has 188 valence electrons. The summed E-state index contributed by atoms with van der Waals surface area (Å²) in [4.78, 5) is 15.4. The van der Waals surface area contributed by atoms with Crippen molar-refractivity contribution < 1.29 is 23.7 Å². The fourth-order valence-electron chi connectivity index (χ4n) is 4.46. The third kappa shape index (κ3) is 6.06. The Kier molecular flexibility index (Phi) is 10.3. The number of morpholine rings is 1. The monoisotopic (exact) mass is 513 g/mol. The van der Waals surface area contributed by atoms with Gasteiger partial charge in [0.2, 0.25) is 0 Å². The van der Waals surface area contributed by atoms with Crippen LogP contribution >= 0.6 is 24.8 Å². The Labute approximate surface area is 212 Å². The average molecular weight is 514 g/mol. The summed E-state index contributed by atoms with van der Waals surface area (Å²) in [7, 11) is 3.15. The van der Waals surface area contributed by atoms with E-state index in [9.17, 15) is 4.79 Å². The Morgan fingerprint density at radius 1 is 1.09 bits per heavy atom. The summed E-state index contributed by atoms with van der Waals surface area (Å²) in [6, 6.07) is 11.1. The molecule has 2 aliphatic heterocycles. The number of fused-ring (bicyclic) bond motifs is 1. The number of benzene rings is 2. The van der Waals surface area contributed by atoms with Crippen molar-refractivity contribution in [2.24, 2.45) is 5.73 Å². The van der Waals surface area contributed by atoms with Gasteiger partial charge in [-0.05, 0) is 43.7 Å². The standard InChI is InChI=1S/C24H31N3O5.2ClH/c1-15-12-27-13-17(10-18(27)14-31-15)26-24(28)16-7-8-22(30-3)23(9-16)32-21-6-4-5-20(29-2)19(21)11-25;;/h4-9,15,17-18H,10-14,25H2,1-3H3,(H,26,28);2*1H/t15-,17-,18-;;/m0../s1. The summed E-state index contributed by atoms with van der Waals surface area (Å²) < 4.78 is 22.7. The normalized spacial score (nSPS) is 21.5. The zero-order valence-electron chi connectivity index (χ0n) is 19.6. The molecule has 3 atom stereocenters. The number of nitrogens with one attached hydrogen (secondary N) is 1. The highest BCUT2D eigenvalue weighted by Crippen LogP contribution is 2.36. The minimum Gasteiger partial charge on any atom is -0.496 e. The maximum atomic E-state index is 13.0. The van der Waals surface area contributed by atoms with Crippen LogP contribution in [0, 0.1) is 0 Å². The molecule has 0 unspecified atom stereocenters. The molecule has 2 aromatic rings. The molecule has 1 amide bonds. The first-order chi connectivity index (χ1) is 15.5. The van der Waals surface area contributed by atoms with Crippen LogP contribution in [-0.2, 0) is 11.3 Å². The fourth-order valence-corrected chi connectivity index (χ4v) is 4.46. The number of ether oxygens (including phenoxy) is 4. The molecule has 2 saturated heterocycles. The SMILES string of the molecule is COc1ccc(C(=O)N[C@H]2C[C@H]3CO[C@@H](C)CN3C2)cc1Oc1cccc(OC)c1CN.Cl.Cl. The van der Waals surface area contributed by atoms with Gasteiger partial charge in [0.05, 0.1) is 32.5 Å². The van der Waals surface area contributed by atoms with E-state index in [4.69, 9.17) is 24.7 Å². The summed E-state index contributed by atoms with van der Waals surface area (Å²) >= 11 is 0. The van der Waals surface area contributed by atoms with Crippen molar-refractivity contribution in [2.75, 3.05) is 33.9 Å². The molecule has 4 rings (SSSR count). The van der Waals surface area contributed by atoms with E-state index in [1.165, 1.54) is 0 Å². The number of hydrogen-bond acceptors (Lipinski definition) is 7. The van der Waals surface area contributed by atoms with Crippen LogP contribution in [0.4, 0.5) is 0 Å². The molecule has 2 heterocycles. The molecule has 10 heteroatoms. The second-order valence-corrected chi connectivity index (χ2v) is 8.27. The van der Waals surface area contributed by atoms with Crippen molar-refractivity contribution in [2.45, 2.75) is 38.1 Å². The van der Waals surface area contributed by atoms with Gasteiger partial charge in [-0.25, -0.2) is 0 Å². The predicted molar refractivity (Wildman–Crippen MR) is 135 cm³/mol. The Hall–Kier alpha value is -2.23. The fraction of sp³-hybridized carbons (Fsp3) is 0.458. The largest absolute Gasteiger partial charge is 0.496 e. The van der Waals surface area contributed by atoms with Gasteiger partial charge >= 0.3 is 0 Å². The minimum atomic E-state index is -0.138. The summed E-state index contributed by atoms with van der Waals surface area (Å²) in [5.74, 6) is 2.03. The molecule has 0 bridgehead atoms. The number of methoxy groups -OCH3 is 2. The van der Waals surface area contributed by atoms with Crippen LogP contribution in [0.2, 0.25) is 0 Å². The van der Waals surface area contributed by atoms with Crippen molar-refractivity contribution in [1.29, 1.82) is 0 Å². The van der Waals surface area contributed by atoms with Gasteiger partial charge in [0.1, 0.15) is 11.5 Å². The van der Waals surface area contributed by atoms with Crippen LogP contribution in [0.1, 0.15) is 29.3 Å². The summed E-state index contributed by atoms with van der Waals surface area (Å²) in [5.41, 5.74) is 7.16. The number of carbonyl (C=O) groups excluding carboxylic acids is 1. The highest BCUT2D eigenvalue weighted by Gasteiger charge is 2.36.